The lowest BCUT2D eigenvalue weighted by Crippen LogP contribution is -2.39. The van der Waals surface area contributed by atoms with Crippen LogP contribution in [0.15, 0.2) is 84.6 Å². The summed E-state index contributed by atoms with van der Waals surface area (Å²) in [6.07, 6.45) is 12.1. The average Bonchev–Trinajstić information content (AvgIpc) is 3.02. The topological polar surface area (TPSA) is 45.2 Å². The Morgan fingerprint density at radius 3 is 2.42 bits per heavy atom. The van der Waals surface area contributed by atoms with E-state index in [0.29, 0.717) is 30.7 Å². The number of nitrogens with zero attached hydrogens (tertiary/aromatic N) is 2. The van der Waals surface area contributed by atoms with Crippen molar-refractivity contribution in [3.8, 4) is 5.75 Å². The third kappa shape index (κ3) is 9.17. The number of fused-ring (bicyclic) bond motifs is 1. The lowest BCUT2D eigenvalue weighted by Gasteiger charge is -2.36. The number of hydrogen-bond acceptors (Lipinski definition) is 5. The monoisotopic (exact) mass is 612 g/mol. The van der Waals surface area contributed by atoms with Gasteiger partial charge in [-0.1, -0.05) is 82.3 Å². The number of benzene rings is 2. The first kappa shape index (κ1) is 35.8. The molecule has 45 heavy (non-hydrogen) atoms. The Labute approximate surface area is 273 Å². The summed E-state index contributed by atoms with van der Waals surface area (Å²) in [6.45, 7) is 25.9. The Kier molecular flexibility index (Phi) is 13.6. The molecule has 1 heterocycles. The van der Waals surface area contributed by atoms with E-state index in [1.54, 1.807) is 6.92 Å². The van der Waals surface area contributed by atoms with Crippen LogP contribution in [0.4, 0.5) is 0 Å². The first-order chi connectivity index (χ1) is 21.5. The SMILES string of the molecule is C=C(O)/C(C)=C(\OCC)N(C)/C(C)=C/C=C\C(=C)c1cccc(C)c1OCc1ccc2c(c1C)CCN(C(CCC)CCC)C2. The molecule has 2 aromatic carbocycles. The lowest BCUT2D eigenvalue weighted by molar-refractivity contribution is 0.150. The van der Waals surface area contributed by atoms with Gasteiger partial charge in [0.2, 0.25) is 0 Å². The van der Waals surface area contributed by atoms with E-state index in [1.165, 1.54) is 47.9 Å². The largest absolute Gasteiger partial charge is 0.508 e. The summed E-state index contributed by atoms with van der Waals surface area (Å²) in [5.41, 5.74) is 10.1. The molecule has 0 spiro atoms. The highest BCUT2D eigenvalue weighted by Gasteiger charge is 2.24. The number of hydrogen-bond donors (Lipinski definition) is 1. The zero-order valence-corrected chi connectivity index (χ0v) is 29.1. The molecule has 1 aliphatic rings. The molecule has 0 atom stereocenters. The van der Waals surface area contributed by atoms with Crippen LogP contribution in [-0.2, 0) is 24.3 Å². The van der Waals surface area contributed by atoms with Crippen molar-refractivity contribution >= 4 is 5.57 Å². The number of allylic oxidation sites excluding steroid dienone is 6. The maximum Gasteiger partial charge on any atom is 0.200 e. The van der Waals surface area contributed by atoms with Crippen molar-refractivity contribution in [2.45, 2.75) is 99.8 Å². The van der Waals surface area contributed by atoms with Gasteiger partial charge in [0.25, 0.3) is 0 Å². The van der Waals surface area contributed by atoms with Crippen molar-refractivity contribution in [3.05, 3.63) is 118 Å². The predicted octanol–water partition coefficient (Wildman–Crippen LogP) is 9.95. The van der Waals surface area contributed by atoms with Crippen molar-refractivity contribution in [1.29, 1.82) is 0 Å². The zero-order valence-electron chi connectivity index (χ0n) is 29.1. The molecule has 0 radical (unpaired) electrons. The summed E-state index contributed by atoms with van der Waals surface area (Å²) in [5, 5.41) is 9.90. The molecule has 0 saturated carbocycles. The number of aliphatic hydroxyl groups is 1. The van der Waals surface area contributed by atoms with E-state index in [-0.39, 0.29) is 5.76 Å². The Balaban J connectivity index is 1.75. The number of para-hydroxylation sites is 1. The van der Waals surface area contributed by atoms with Crippen LogP contribution in [0.3, 0.4) is 0 Å². The highest BCUT2D eigenvalue weighted by Crippen LogP contribution is 2.32. The Morgan fingerprint density at radius 2 is 1.78 bits per heavy atom. The highest BCUT2D eigenvalue weighted by atomic mass is 16.5. The van der Waals surface area contributed by atoms with Crippen molar-refractivity contribution < 1.29 is 14.6 Å². The molecular formula is C40H56N2O3. The molecule has 1 aliphatic heterocycles. The molecule has 0 amide bonds. The van der Waals surface area contributed by atoms with Crippen LogP contribution >= 0.6 is 0 Å². The smallest absolute Gasteiger partial charge is 0.200 e. The number of aryl methyl sites for hydroxylation is 1. The number of rotatable bonds is 16. The fraction of sp³-hybridized carbons (Fsp3) is 0.450. The van der Waals surface area contributed by atoms with Crippen LogP contribution in [0.25, 0.3) is 5.57 Å². The minimum absolute atomic E-state index is 0.00539. The summed E-state index contributed by atoms with van der Waals surface area (Å²) >= 11 is 0. The quantitative estimate of drug-likeness (QED) is 0.151. The number of ether oxygens (including phenoxy) is 2. The van der Waals surface area contributed by atoms with E-state index in [2.05, 4.69) is 76.1 Å². The average molecular weight is 613 g/mol. The molecule has 5 nitrogen and oxygen atoms in total. The van der Waals surface area contributed by atoms with Gasteiger partial charge in [0.05, 0.1) is 12.2 Å². The third-order valence-corrected chi connectivity index (χ3v) is 9.02. The van der Waals surface area contributed by atoms with Gasteiger partial charge in [0, 0.05) is 37.4 Å². The first-order valence-electron chi connectivity index (χ1n) is 16.6. The molecule has 3 rings (SSSR count). The van der Waals surface area contributed by atoms with E-state index in [9.17, 15) is 5.11 Å². The Bertz CT molecular complexity index is 1430. The fourth-order valence-corrected chi connectivity index (χ4v) is 6.18. The van der Waals surface area contributed by atoms with Crippen LogP contribution in [0.1, 0.15) is 93.7 Å². The molecule has 0 aromatic heterocycles. The molecule has 0 aliphatic carbocycles. The molecule has 244 valence electrons. The molecular weight excluding hydrogens is 556 g/mol. The molecule has 0 saturated heterocycles. The molecule has 5 heteroatoms. The first-order valence-corrected chi connectivity index (χ1v) is 16.6. The second-order valence-electron chi connectivity index (χ2n) is 12.2. The molecule has 0 unspecified atom stereocenters. The van der Waals surface area contributed by atoms with Crippen LogP contribution in [0.5, 0.6) is 5.75 Å². The van der Waals surface area contributed by atoms with Gasteiger partial charge in [0.15, 0.2) is 5.88 Å². The van der Waals surface area contributed by atoms with E-state index in [1.807, 2.05) is 44.0 Å². The van der Waals surface area contributed by atoms with Gasteiger partial charge in [-0.3, -0.25) is 4.90 Å². The molecule has 2 aromatic rings. The standard InChI is InChI=1S/C40H56N2O3/c1-11-16-36(17-12-2)42-25-24-38-32(8)35(23-22-34(38)26-42)27-45-39-29(5)19-15-21-37(39)28(4)18-14-20-30(6)41(10)40(44-13-3)31(7)33(9)43/h14-15,18-23,36,43H,4,9,11-13,16-17,24-27H2,1-3,5-8,10H3/b18-14-,30-20+,40-31-. The third-order valence-electron chi connectivity index (χ3n) is 9.02. The van der Waals surface area contributed by atoms with Gasteiger partial charge in [0.1, 0.15) is 18.1 Å². The molecule has 0 bridgehead atoms. The van der Waals surface area contributed by atoms with Crippen molar-refractivity contribution in [2.75, 3.05) is 20.2 Å². The van der Waals surface area contributed by atoms with Gasteiger partial charge < -0.3 is 19.5 Å². The summed E-state index contributed by atoms with van der Waals surface area (Å²) in [6, 6.07) is 11.5. The van der Waals surface area contributed by atoms with Crippen molar-refractivity contribution in [1.82, 2.24) is 9.80 Å². The maximum absolute atomic E-state index is 9.90. The lowest BCUT2D eigenvalue weighted by atomic mass is 9.90. The van der Waals surface area contributed by atoms with Crippen LogP contribution in [0, 0.1) is 13.8 Å². The van der Waals surface area contributed by atoms with Gasteiger partial charge >= 0.3 is 0 Å². The maximum atomic E-state index is 9.90. The van der Waals surface area contributed by atoms with E-state index in [4.69, 9.17) is 9.47 Å². The molecule has 0 fully saturated rings. The van der Waals surface area contributed by atoms with Crippen LogP contribution < -0.4 is 4.74 Å². The van der Waals surface area contributed by atoms with Crippen LogP contribution in [-0.4, -0.2) is 41.1 Å². The minimum Gasteiger partial charge on any atom is -0.508 e. The highest BCUT2D eigenvalue weighted by molar-refractivity contribution is 5.77. The van der Waals surface area contributed by atoms with Gasteiger partial charge in [-0.25, -0.2) is 0 Å². The zero-order chi connectivity index (χ0) is 33.1. The summed E-state index contributed by atoms with van der Waals surface area (Å²) in [7, 11) is 1.91. The Hall–Kier alpha value is -3.70. The second kappa shape index (κ2) is 17.1. The summed E-state index contributed by atoms with van der Waals surface area (Å²) in [5.74, 6) is 1.44. The second-order valence-corrected chi connectivity index (χ2v) is 12.2. The van der Waals surface area contributed by atoms with Gasteiger partial charge in [-0.2, -0.15) is 0 Å². The van der Waals surface area contributed by atoms with Crippen molar-refractivity contribution in [3.63, 3.8) is 0 Å². The van der Waals surface area contributed by atoms with Gasteiger partial charge in [-0.15, -0.1) is 0 Å². The van der Waals surface area contributed by atoms with Crippen molar-refractivity contribution in [2.24, 2.45) is 0 Å². The summed E-state index contributed by atoms with van der Waals surface area (Å²) < 4.78 is 12.4. The predicted molar refractivity (Wildman–Crippen MR) is 190 cm³/mol. The normalized spacial score (nSPS) is 14.4. The molecule has 1 N–H and O–H groups in total. The fourth-order valence-electron chi connectivity index (χ4n) is 6.18. The Morgan fingerprint density at radius 1 is 1.07 bits per heavy atom. The summed E-state index contributed by atoms with van der Waals surface area (Å²) in [4.78, 5) is 4.61. The number of aliphatic hydroxyl groups excluding tert-OH is 1. The van der Waals surface area contributed by atoms with E-state index in [0.717, 1.165) is 47.7 Å². The minimum atomic E-state index is -0.00539. The van der Waals surface area contributed by atoms with E-state index < -0.39 is 0 Å². The van der Waals surface area contributed by atoms with E-state index >= 15 is 0 Å². The van der Waals surface area contributed by atoms with Crippen LogP contribution in [0.2, 0.25) is 0 Å². The van der Waals surface area contributed by atoms with Gasteiger partial charge in [-0.05, 0) is 93.3 Å².